The van der Waals surface area contributed by atoms with Crippen LogP contribution < -0.4 is 10.6 Å². The fraction of sp³-hybridized carbons (Fsp3) is 0.562. The number of hydrogen-bond acceptors (Lipinski definition) is 4. The average molecular weight is 290 g/mol. The molecule has 0 atom stereocenters. The predicted octanol–water partition coefficient (Wildman–Crippen LogP) is 2.20. The van der Waals surface area contributed by atoms with Crippen molar-refractivity contribution in [2.75, 3.05) is 24.5 Å². The molecule has 0 bridgehead atoms. The third-order valence-corrected chi connectivity index (χ3v) is 4.78. The first-order chi connectivity index (χ1) is 10.0. The van der Waals surface area contributed by atoms with E-state index in [1.165, 1.54) is 12.1 Å². The minimum Gasteiger partial charge on any atom is -0.369 e. The molecule has 21 heavy (non-hydrogen) atoms. The van der Waals surface area contributed by atoms with Gasteiger partial charge in [0.2, 0.25) is 0 Å². The number of aliphatic imine (C=N–C) groups is 1. The highest BCUT2D eigenvalue weighted by molar-refractivity contribution is 5.98. The van der Waals surface area contributed by atoms with E-state index >= 15 is 0 Å². The second kappa shape index (κ2) is 5.30. The molecule has 0 aromatic heterocycles. The first kappa shape index (κ1) is 14.3. The minimum atomic E-state index is -0.225. The van der Waals surface area contributed by atoms with E-state index in [1.54, 1.807) is 12.1 Å². The number of guanidine groups is 1. The number of piperidine rings is 1. The van der Waals surface area contributed by atoms with E-state index in [0.717, 1.165) is 38.2 Å². The van der Waals surface area contributed by atoms with Crippen molar-refractivity contribution in [3.8, 4) is 0 Å². The predicted molar refractivity (Wildman–Crippen MR) is 84.0 cm³/mol. The zero-order valence-electron chi connectivity index (χ0n) is 12.7. The molecule has 1 saturated heterocycles. The van der Waals surface area contributed by atoms with Crippen LogP contribution in [0.2, 0.25) is 0 Å². The first-order valence-electron chi connectivity index (χ1n) is 7.62. The van der Waals surface area contributed by atoms with Crippen LogP contribution >= 0.6 is 0 Å². The van der Waals surface area contributed by atoms with Crippen LogP contribution in [0.5, 0.6) is 0 Å². The molecule has 0 unspecified atom stereocenters. The lowest BCUT2D eigenvalue weighted by Gasteiger charge is -2.46. The molecular formula is C16H23FN4. The van der Waals surface area contributed by atoms with Gasteiger partial charge in [-0.25, -0.2) is 4.39 Å². The summed E-state index contributed by atoms with van der Waals surface area (Å²) in [5, 5.41) is 0. The molecule has 2 aliphatic rings. The third kappa shape index (κ3) is 2.50. The SMILES string of the molecule is CC(C)N1CCC2(CC1)CN=C(N)N2c1ccc(F)cc1. The lowest BCUT2D eigenvalue weighted by atomic mass is 9.85. The molecule has 0 radical (unpaired) electrons. The van der Waals surface area contributed by atoms with E-state index in [9.17, 15) is 4.39 Å². The second-order valence-electron chi connectivity index (χ2n) is 6.34. The Bertz CT molecular complexity index is 530. The largest absolute Gasteiger partial charge is 0.369 e. The molecular weight excluding hydrogens is 267 g/mol. The molecule has 2 N–H and O–H groups in total. The Morgan fingerprint density at radius 2 is 1.81 bits per heavy atom. The quantitative estimate of drug-likeness (QED) is 0.908. The number of anilines is 1. The van der Waals surface area contributed by atoms with Gasteiger partial charge in [-0.15, -0.1) is 0 Å². The molecule has 0 amide bonds. The lowest BCUT2D eigenvalue weighted by molar-refractivity contribution is 0.139. The maximum absolute atomic E-state index is 13.2. The van der Waals surface area contributed by atoms with E-state index in [1.807, 2.05) is 0 Å². The van der Waals surface area contributed by atoms with Gasteiger partial charge in [0.1, 0.15) is 5.82 Å². The molecule has 114 valence electrons. The van der Waals surface area contributed by atoms with Crippen LogP contribution in [-0.2, 0) is 0 Å². The van der Waals surface area contributed by atoms with E-state index in [2.05, 4.69) is 28.6 Å². The molecule has 1 aromatic rings. The Labute approximate surface area is 125 Å². The van der Waals surface area contributed by atoms with Gasteiger partial charge >= 0.3 is 0 Å². The van der Waals surface area contributed by atoms with Crippen LogP contribution in [0.25, 0.3) is 0 Å². The molecule has 1 spiro atoms. The van der Waals surface area contributed by atoms with Gasteiger partial charge in [-0.1, -0.05) is 0 Å². The van der Waals surface area contributed by atoms with Crippen LogP contribution in [0.4, 0.5) is 10.1 Å². The second-order valence-corrected chi connectivity index (χ2v) is 6.34. The number of nitrogens with zero attached hydrogens (tertiary/aromatic N) is 3. The van der Waals surface area contributed by atoms with Crippen LogP contribution in [0, 0.1) is 5.82 Å². The summed E-state index contributed by atoms with van der Waals surface area (Å²) in [5.74, 6) is 0.330. The van der Waals surface area contributed by atoms with Crippen molar-refractivity contribution in [1.29, 1.82) is 0 Å². The van der Waals surface area contributed by atoms with Gasteiger partial charge in [-0.05, 0) is 51.0 Å². The van der Waals surface area contributed by atoms with Crippen molar-refractivity contribution in [3.63, 3.8) is 0 Å². The number of halogens is 1. The molecule has 1 aromatic carbocycles. The number of rotatable bonds is 2. The van der Waals surface area contributed by atoms with Crippen LogP contribution in [0.15, 0.2) is 29.3 Å². The topological polar surface area (TPSA) is 44.9 Å². The number of nitrogens with two attached hydrogens (primary N) is 1. The van der Waals surface area contributed by atoms with Gasteiger partial charge in [-0.3, -0.25) is 4.99 Å². The standard InChI is InChI=1S/C16H23FN4/c1-12(2)20-9-7-16(8-10-20)11-19-15(18)21(16)14-5-3-13(17)4-6-14/h3-6,12H,7-11H2,1-2H3,(H2,18,19). The fourth-order valence-corrected chi connectivity index (χ4v) is 3.45. The summed E-state index contributed by atoms with van der Waals surface area (Å²) in [6.07, 6.45) is 2.07. The van der Waals surface area contributed by atoms with Crippen molar-refractivity contribution in [2.45, 2.75) is 38.3 Å². The highest BCUT2D eigenvalue weighted by atomic mass is 19.1. The van der Waals surface area contributed by atoms with Crippen LogP contribution in [-0.4, -0.2) is 42.1 Å². The third-order valence-electron chi connectivity index (χ3n) is 4.78. The Morgan fingerprint density at radius 1 is 1.19 bits per heavy atom. The van der Waals surface area contributed by atoms with Gasteiger partial charge in [0, 0.05) is 24.8 Å². The van der Waals surface area contributed by atoms with Crippen molar-refractivity contribution in [1.82, 2.24) is 4.90 Å². The fourth-order valence-electron chi connectivity index (χ4n) is 3.45. The molecule has 3 rings (SSSR count). The highest BCUT2D eigenvalue weighted by Gasteiger charge is 2.45. The molecule has 0 saturated carbocycles. The lowest BCUT2D eigenvalue weighted by Crippen LogP contribution is -2.58. The van der Waals surface area contributed by atoms with E-state index in [-0.39, 0.29) is 11.4 Å². The summed E-state index contributed by atoms with van der Waals surface area (Å²) in [6.45, 7) is 7.31. The van der Waals surface area contributed by atoms with Crippen LogP contribution in [0.3, 0.4) is 0 Å². The molecule has 2 aliphatic heterocycles. The smallest absolute Gasteiger partial charge is 0.196 e. The first-order valence-corrected chi connectivity index (χ1v) is 7.62. The van der Waals surface area contributed by atoms with Crippen molar-refractivity contribution < 1.29 is 4.39 Å². The van der Waals surface area contributed by atoms with Gasteiger partial charge in [0.05, 0.1) is 12.1 Å². The van der Waals surface area contributed by atoms with E-state index in [0.29, 0.717) is 12.0 Å². The maximum atomic E-state index is 13.2. The van der Waals surface area contributed by atoms with Crippen molar-refractivity contribution in [3.05, 3.63) is 30.1 Å². The summed E-state index contributed by atoms with van der Waals surface area (Å²) < 4.78 is 13.2. The van der Waals surface area contributed by atoms with E-state index in [4.69, 9.17) is 5.73 Å². The Kier molecular flexibility index (Phi) is 3.61. The van der Waals surface area contributed by atoms with Gasteiger partial charge in [0.25, 0.3) is 0 Å². The highest BCUT2D eigenvalue weighted by Crippen LogP contribution is 2.37. The molecule has 2 heterocycles. The van der Waals surface area contributed by atoms with Gasteiger partial charge in [0.15, 0.2) is 5.96 Å². The van der Waals surface area contributed by atoms with Gasteiger partial charge in [-0.2, -0.15) is 0 Å². The molecule has 5 heteroatoms. The molecule has 0 aliphatic carbocycles. The number of benzene rings is 1. The summed E-state index contributed by atoms with van der Waals surface area (Å²) >= 11 is 0. The summed E-state index contributed by atoms with van der Waals surface area (Å²) in [7, 11) is 0. The van der Waals surface area contributed by atoms with E-state index < -0.39 is 0 Å². The summed E-state index contributed by atoms with van der Waals surface area (Å²) in [4.78, 5) is 9.08. The Balaban J connectivity index is 1.84. The minimum absolute atomic E-state index is 0.0344. The summed E-state index contributed by atoms with van der Waals surface area (Å²) in [6, 6.07) is 7.12. The Morgan fingerprint density at radius 3 is 2.38 bits per heavy atom. The maximum Gasteiger partial charge on any atom is 0.196 e. The monoisotopic (exact) mass is 290 g/mol. The number of likely N-dealkylation sites (tertiary alicyclic amines) is 1. The zero-order valence-corrected chi connectivity index (χ0v) is 12.7. The van der Waals surface area contributed by atoms with Gasteiger partial charge < -0.3 is 15.5 Å². The summed E-state index contributed by atoms with van der Waals surface area (Å²) in [5.41, 5.74) is 7.02. The Hall–Kier alpha value is -1.62. The average Bonchev–Trinajstić information content (AvgIpc) is 2.78. The van der Waals surface area contributed by atoms with Crippen molar-refractivity contribution >= 4 is 11.6 Å². The molecule has 1 fully saturated rings. The molecule has 4 nitrogen and oxygen atoms in total. The zero-order chi connectivity index (χ0) is 15.0. The number of hydrogen-bond donors (Lipinski definition) is 1. The van der Waals surface area contributed by atoms with Crippen molar-refractivity contribution in [2.24, 2.45) is 10.7 Å². The normalized spacial score (nSPS) is 22.1. The van der Waals surface area contributed by atoms with Crippen LogP contribution in [0.1, 0.15) is 26.7 Å².